The fourth-order valence-electron chi connectivity index (χ4n) is 8.85. The van der Waals surface area contributed by atoms with Crippen molar-refractivity contribution in [3.63, 3.8) is 0 Å². The quantitative estimate of drug-likeness (QED) is 0.0812. The Bertz CT molecular complexity index is 1830. The molecule has 2 aliphatic carbocycles. The molecular formula is C52H64Cl2SiZr. The van der Waals surface area contributed by atoms with Gasteiger partial charge >= 0.3 is 37.9 Å². The maximum atomic E-state index is 4.93. The molecule has 6 aromatic rings. The molecule has 0 atom stereocenters. The number of hydrogen-bond acceptors (Lipinski definition) is 0. The zero-order valence-corrected chi connectivity index (χ0v) is 39.6. The summed E-state index contributed by atoms with van der Waals surface area (Å²) < 4.78 is 0. The van der Waals surface area contributed by atoms with Gasteiger partial charge in [-0.05, 0) is 49.7 Å². The fraction of sp³-hybridized carbons (Fsp3) is 0.423. The fourth-order valence-corrected chi connectivity index (χ4v) is 9.35. The second-order valence-electron chi connectivity index (χ2n) is 16.4. The van der Waals surface area contributed by atoms with Gasteiger partial charge < -0.3 is 0 Å². The summed E-state index contributed by atoms with van der Waals surface area (Å²) in [6.07, 6.45) is 21.1. The number of hydrogen-bond donors (Lipinski definition) is 0. The molecule has 2 fully saturated rings. The first kappa shape index (κ1) is 44.9. The van der Waals surface area contributed by atoms with Crippen LogP contribution in [0.4, 0.5) is 0 Å². The summed E-state index contributed by atoms with van der Waals surface area (Å²) in [6, 6.07) is 42.5. The predicted octanol–water partition coefficient (Wildman–Crippen LogP) is 17.0. The van der Waals surface area contributed by atoms with Crippen LogP contribution in [0.2, 0.25) is 12.6 Å². The summed E-state index contributed by atoms with van der Waals surface area (Å²) >= 11 is -0.826. The van der Waals surface area contributed by atoms with Gasteiger partial charge in [0.2, 0.25) is 0 Å². The van der Waals surface area contributed by atoms with Crippen LogP contribution in [-0.4, -0.2) is 9.52 Å². The van der Waals surface area contributed by atoms with Crippen molar-refractivity contribution in [1.82, 2.24) is 0 Å². The molecule has 2 radical (unpaired) electrons. The first-order chi connectivity index (χ1) is 27.4. The van der Waals surface area contributed by atoms with E-state index in [4.69, 9.17) is 17.0 Å². The molecule has 0 aliphatic heterocycles. The summed E-state index contributed by atoms with van der Waals surface area (Å²) in [7, 11) is 11.0. The van der Waals surface area contributed by atoms with Crippen molar-refractivity contribution < 1.29 is 20.8 Å². The number of rotatable bonds is 8. The first-order valence-corrected chi connectivity index (χ1v) is 29.6. The van der Waals surface area contributed by atoms with E-state index in [2.05, 4.69) is 137 Å². The van der Waals surface area contributed by atoms with E-state index >= 15 is 0 Å². The van der Waals surface area contributed by atoms with E-state index in [0.717, 1.165) is 21.4 Å². The molecular weight excluding hydrogens is 815 g/mol. The second kappa shape index (κ2) is 24.6. The Morgan fingerprint density at radius 2 is 0.946 bits per heavy atom. The Balaban J connectivity index is 0.000000180. The van der Waals surface area contributed by atoms with Crippen LogP contribution in [0.5, 0.6) is 0 Å². The summed E-state index contributed by atoms with van der Waals surface area (Å²) in [6.45, 7) is 8.76. The molecule has 0 heterocycles. The Labute approximate surface area is 361 Å². The number of fused-ring (bicyclic) bond motifs is 2. The number of aryl methyl sites for hydroxylation is 2. The molecule has 6 aromatic carbocycles. The van der Waals surface area contributed by atoms with Crippen LogP contribution in [0, 0.1) is 25.7 Å². The monoisotopic (exact) mass is 876 g/mol. The normalized spacial score (nSPS) is 15.0. The van der Waals surface area contributed by atoms with Crippen LogP contribution < -0.4 is 0 Å². The van der Waals surface area contributed by atoms with E-state index in [0.29, 0.717) is 0 Å². The van der Waals surface area contributed by atoms with Crippen molar-refractivity contribution >= 4 is 48.1 Å². The van der Waals surface area contributed by atoms with Crippen molar-refractivity contribution in [2.45, 2.75) is 130 Å². The molecule has 8 rings (SSSR count). The van der Waals surface area contributed by atoms with Crippen molar-refractivity contribution in [2.24, 2.45) is 11.8 Å². The van der Waals surface area contributed by atoms with Gasteiger partial charge in [-0.3, -0.25) is 0 Å². The summed E-state index contributed by atoms with van der Waals surface area (Å²) in [5.41, 5.74) is 11.1. The minimum atomic E-state index is -0.826. The van der Waals surface area contributed by atoms with Crippen molar-refractivity contribution in [3.05, 3.63) is 131 Å². The van der Waals surface area contributed by atoms with Gasteiger partial charge in [-0.15, -0.1) is 69.1 Å². The van der Waals surface area contributed by atoms with E-state index in [-0.39, 0.29) is 0 Å². The SMILES string of the molecule is CCC[Si]C.Cc1ccc(-c2cccc3[cH-]c(CC4CCCCCC4)cc23)cc1.Cc1ccc(-c2cccc3[cH-]c(CC4CCCCCC4)cc23)cc1.[Cl][Zr+2][Cl]. The topological polar surface area (TPSA) is 0 Å². The molecule has 0 N–H and O–H groups in total. The Morgan fingerprint density at radius 3 is 1.27 bits per heavy atom. The van der Waals surface area contributed by atoms with Crippen LogP contribution in [0.25, 0.3) is 43.8 Å². The number of benzene rings is 4. The molecule has 294 valence electrons. The summed E-state index contributed by atoms with van der Waals surface area (Å²) in [5, 5.41) is 5.64. The van der Waals surface area contributed by atoms with Gasteiger partial charge in [-0.1, -0.05) is 186 Å². The average molecular weight is 879 g/mol. The van der Waals surface area contributed by atoms with Crippen LogP contribution >= 0.6 is 17.0 Å². The van der Waals surface area contributed by atoms with E-state index < -0.39 is 20.8 Å². The number of halogens is 2. The Morgan fingerprint density at radius 1 is 0.571 bits per heavy atom. The average Bonchev–Trinajstić information content (AvgIpc) is 3.59. The molecule has 4 heteroatoms. The van der Waals surface area contributed by atoms with Crippen molar-refractivity contribution in [3.8, 4) is 22.3 Å². The first-order valence-electron chi connectivity index (χ1n) is 21.5. The molecule has 0 spiro atoms. The second-order valence-corrected chi connectivity index (χ2v) is 21.3. The van der Waals surface area contributed by atoms with Gasteiger partial charge in [0.1, 0.15) is 0 Å². The molecule has 0 unspecified atom stereocenters. The molecule has 56 heavy (non-hydrogen) atoms. The predicted molar refractivity (Wildman–Crippen MR) is 248 cm³/mol. The van der Waals surface area contributed by atoms with E-state index in [1.807, 2.05) is 0 Å². The third-order valence-electron chi connectivity index (χ3n) is 11.8. The van der Waals surface area contributed by atoms with Gasteiger partial charge in [0, 0.05) is 9.52 Å². The van der Waals surface area contributed by atoms with Crippen molar-refractivity contribution in [2.75, 3.05) is 0 Å². The molecule has 0 saturated heterocycles. The third kappa shape index (κ3) is 14.0. The molecule has 2 saturated carbocycles. The molecule has 2 aliphatic rings. The summed E-state index contributed by atoms with van der Waals surface area (Å²) in [5.74, 6) is 1.79. The molecule has 0 amide bonds. The van der Waals surface area contributed by atoms with Crippen molar-refractivity contribution in [1.29, 1.82) is 0 Å². The van der Waals surface area contributed by atoms with Gasteiger partial charge in [-0.2, -0.15) is 12.1 Å². The molecule has 0 aromatic heterocycles. The Hall–Kier alpha value is -2.22. The zero-order valence-electron chi connectivity index (χ0n) is 34.6. The molecule has 0 nitrogen and oxygen atoms in total. The van der Waals surface area contributed by atoms with E-state index in [1.165, 1.54) is 168 Å². The van der Waals surface area contributed by atoms with Gasteiger partial charge in [0.05, 0.1) is 0 Å². The van der Waals surface area contributed by atoms with Crippen LogP contribution in [0.15, 0.2) is 109 Å². The van der Waals surface area contributed by atoms with Crippen LogP contribution in [0.3, 0.4) is 0 Å². The standard InChI is InChI=1S/2C24H27.C4H10Si.2ClH.Zr/c2*1-18-11-13-21(14-12-18)23-10-6-9-22-16-20(17-24(22)23)15-19-7-4-2-3-5-8-19;1-3-4-5-2;;;/h2*6,9-14,16-17,19H,2-5,7-8,15H2,1H3;3-4H2,1-2H3;2*1H;/q2*-1;;;;+4/p-2. The Kier molecular flexibility index (Phi) is 19.7. The van der Waals surface area contributed by atoms with Gasteiger partial charge in [-0.25, -0.2) is 0 Å². The maximum absolute atomic E-state index is 4.93. The van der Waals surface area contributed by atoms with Crippen LogP contribution in [-0.2, 0) is 33.7 Å². The zero-order chi connectivity index (χ0) is 39.5. The van der Waals surface area contributed by atoms with E-state index in [9.17, 15) is 0 Å². The minimum absolute atomic E-state index is 0.826. The van der Waals surface area contributed by atoms with Gasteiger partial charge in [0.15, 0.2) is 0 Å². The third-order valence-corrected chi connectivity index (χ3v) is 12.8. The van der Waals surface area contributed by atoms with Gasteiger partial charge in [0.25, 0.3) is 0 Å². The summed E-state index contributed by atoms with van der Waals surface area (Å²) in [4.78, 5) is 0. The molecule has 0 bridgehead atoms. The van der Waals surface area contributed by atoms with Crippen LogP contribution in [0.1, 0.15) is 113 Å². The van der Waals surface area contributed by atoms with E-state index in [1.54, 1.807) is 0 Å².